The molecule has 0 saturated carbocycles. The highest BCUT2D eigenvalue weighted by molar-refractivity contribution is 5.98. The van der Waals surface area contributed by atoms with Crippen molar-refractivity contribution < 1.29 is 27.5 Å². The summed E-state index contributed by atoms with van der Waals surface area (Å²) in [7, 11) is 0. The lowest BCUT2D eigenvalue weighted by molar-refractivity contribution is -0.109. The van der Waals surface area contributed by atoms with Crippen LogP contribution in [0.3, 0.4) is 0 Å². The first-order valence-corrected chi connectivity index (χ1v) is 12.5. The molecule has 0 saturated heterocycles. The van der Waals surface area contributed by atoms with E-state index < -0.39 is 23.2 Å². The molecule has 0 aromatic heterocycles. The van der Waals surface area contributed by atoms with E-state index in [1.807, 2.05) is 13.8 Å². The van der Waals surface area contributed by atoms with Gasteiger partial charge in [0.1, 0.15) is 17.2 Å². The van der Waals surface area contributed by atoms with Crippen molar-refractivity contribution in [3.05, 3.63) is 53.1 Å². The number of nitrogens with zero attached hydrogens (tertiary/aromatic N) is 1. The molecule has 0 bridgehead atoms. The van der Waals surface area contributed by atoms with Crippen LogP contribution in [0, 0.1) is 11.6 Å². The van der Waals surface area contributed by atoms with Gasteiger partial charge in [-0.05, 0) is 57.0 Å². The molecule has 2 amide bonds. The van der Waals surface area contributed by atoms with E-state index in [9.17, 15) is 22.8 Å². The van der Waals surface area contributed by atoms with Gasteiger partial charge in [-0.2, -0.15) is 0 Å². The smallest absolute Gasteiger partial charge is 0.255 e. The van der Waals surface area contributed by atoms with E-state index >= 15 is 0 Å². The molecule has 1 heterocycles. The number of hydrogen-bond donors (Lipinski definition) is 3. The Balaban J connectivity index is 0.000000659. The van der Waals surface area contributed by atoms with Crippen molar-refractivity contribution >= 4 is 18.0 Å². The number of amides is 2. The van der Waals surface area contributed by atoms with Crippen molar-refractivity contribution in [3.63, 3.8) is 0 Å². The predicted octanol–water partition coefficient (Wildman–Crippen LogP) is 5.64. The normalized spacial score (nSPS) is 11.9. The number of carbonyl (C=O) groups is 2. The fraction of sp³-hybridized carbons (Fsp3) is 0.481. The Bertz CT molecular complexity index is 1010. The molecule has 1 aliphatic heterocycles. The monoisotopic (exact) mass is 524 g/mol. The highest BCUT2D eigenvalue weighted by Gasteiger charge is 2.29. The summed E-state index contributed by atoms with van der Waals surface area (Å²) in [5, 5.41) is 6.89. The lowest BCUT2D eigenvalue weighted by Gasteiger charge is -2.26. The average Bonchev–Trinajstić information content (AvgIpc) is 3.22. The van der Waals surface area contributed by atoms with E-state index in [1.54, 1.807) is 24.1 Å². The summed E-state index contributed by atoms with van der Waals surface area (Å²) in [5.74, 6) is -2.06. The van der Waals surface area contributed by atoms with Crippen molar-refractivity contribution in [2.45, 2.75) is 66.6 Å². The number of hydrogen-bond acceptors (Lipinski definition) is 5. The fourth-order valence-corrected chi connectivity index (χ4v) is 3.32. The molecule has 0 atom stereocenters. The van der Waals surface area contributed by atoms with E-state index in [0.29, 0.717) is 24.8 Å². The molecule has 0 unspecified atom stereocenters. The molecule has 37 heavy (non-hydrogen) atoms. The highest BCUT2D eigenvalue weighted by atomic mass is 19.1. The van der Waals surface area contributed by atoms with Gasteiger partial charge < -0.3 is 20.4 Å². The van der Waals surface area contributed by atoms with E-state index in [4.69, 9.17) is 4.74 Å². The highest BCUT2D eigenvalue weighted by Crippen LogP contribution is 2.36. The van der Waals surface area contributed by atoms with Crippen molar-refractivity contribution in [2.24, 2.45) is 0 Å². The summed E-state index contributed by atoms with van der Waals surface area (Å²) >= 11 is 0. The second kappa shape index (κ2) is 15.8. The summed E-state index contributed by atoms with van der Waals surface area (Å²) in [4.78, 5) is 22.1. The number of hydrazine groups is 1. The topological polar surface area (TPSA) is 82.7 Å². The van der Waals surface area contributed by atoms with Gasteiger partial charge >= 0.3 is 0 Å². The van der Waals surface area contributed by atoms with Crippen molar-refractivity contribution in [3.8, 4) is 11.5 Å². The second-order valence-corrected chi connectivity index (χ2v) is 8.58. The van der Waals surface area contributed by atoms with E-state index in [0.717, 1.165) is 43.5 Å². The van der Waals surface area contributed by atoms with Crippen LogP contribution in [0.4, 0.5) is 18.9 Å². The molecule has 1 aliphatic rings. The largest absolute Gasteiger partial charge is 0.453 e. The Morgan fingerprint density at radius 1 is 1.16 bits per heavy atom. The van der Waals surface area contributed by atoms with Crippen LogP contribution in [0.25, 0.3) is 0 Å². The number of alkyl halides is 1. The summed E-state index contributed by atoms with van der Waals surface area (Å²) in [6.07, 6.45) is 2.95. The molecule has 206 valence electrons. The maximum atomic E-state index is 14.1. The van der Waals surface area contributed by atoms with Crippen molar-refractivity contribution in [2.75, 3.05) is 24.6 Å². The molecule has 2 aromatic rings. The van der Waals surface area contributed by atoms with Crippen LogP contribution in [-0.4, -0.2) is 37.6 Å². The molecular weight excluding hydrogens is 485 g/mol. The Hall–Kier alpha value is -3.27. The predicted molar refractivity (Wildman–Crippen MR) is 141 cm³/mol. The van der Waals surface area contributed by atoms with Crippen LogP contribution in [0.2, 0.25) is 0 Å². The second-order valence-electron chi connectivity index (χ2n) is 8.58. The van der Waals surface area contributed by atoms with Gasteiger partial charge in [0.15, 0.2) is 11.6 Å². The zero-order chi connectivity index (χ0) is 28.0. The first-order valence-electron chi connectivity index (χ1n) is 12.5. The Morgan fingerprint density at radius 3 is 2.43 bits per heavy atom. The fourth-order valence-electron chi connectivity index (χ4n) is 3.32. The van der Waals surface area contributed by atoms with E-state index in [-0.39, 0.29) is 23.6 Å². The Morgan fingerprint density at radius 2 is 1.86 bits per heavy atom. The number of unbranched alkanes of at least 4 members (excludes halogenated alkanes) is 1. The number of rotatable bonds is 10. The summed E-state index contributed by atoms with van der Waals surface area (Å²) in [5.41, 5.74) is 3.22. The van der Waals surface area contributed by atoms with Crippen LogP contribution in [0.1, 0.15) is 70.3 Å². The van der Waals surface area contributed by atoms with Gasteiger partial charge in [-0.3, -0.25) is 9.59 Å². The van der Waals surface area contributed by atoms with Crippen LogP contribution >= 0.6 is 0 Å². The third kappa shape index (κ3) is 10.3. The quantitative estimate of drug-likeness (QED) is 0.277. The van der Waals surface area contributed by atoms with Crippen LogP contribution in [0.5, 0.6) is 11.5 Å². The summed E-state index contributed by atoms with van der Waals surface area (Å²) in [6, 6.07) is 6.14. The molecule has 0 aliphatic carbocycles. The molecule has 3 N–H and O–H groups in total. The number of nitrogens with one attached hydrogen (secondary N) is 3. The zero-order valence-corrected chi connectivity index (χ0v) is 22.5. The van der Waals surface area contributed by atoms with Gasteiger partial charge in [0.2, 0.25) is 6.41 Å². The molecule has 0 spiro atoms. The number of benzene rings is 2. The van der Waals surface area contributed by atoms with Gasteiger partial charge in [-0.1, -0.05) is 27.2 Å². The van der Waals surface area contributed by atoms with Gasteiger partial charge in [0, 0.05) is 25.7 Å². The lowest BCUT2D eigenvalue weighted by Crippen LogP contribution is -2.41. The van der Waals surface area contributed by atoms with Gasteiger partial charge in [-0.25, -0.2) is 18.6 Å². The number of ether oxygens (including phenoxy) is 1. The minimum Gasteiger partial charge on any atom is -0.453 e. The summed E-state index contributed by atoms with van der Waals surface area (Å²) < 4.78 is 46.9. The molecule has 3 rings (SSSR count). The number of halogens is 3. The van der Waals surface area contributed by atoms with Crippen molar-refractivity contribution in [1.82, 2.24) is 16.1 Å². The SMILES string of the molecule is CC.CCCCNC=O.CCNC(=O)c1cc2c(cc1Oc1ccc(F)cc1F)CNN2CC(C)(C)F. The average molecular weight is 525 g/mol. The van der Waals surface area contributed by atoms with Gasteiger partial charge in [0.25, 0.3) is 5.91 Å². The van der Waals surface area contributed by atoms with Crippen LogP contribution in [-0.2, 0) is 11.3 Å². The molecular formula is C27H39F3N4O3. The Labute approximate surface area is 217 Å². The minimum absolute atomic E-state index is 0.0850. The van der Waals surface area contributed by atoms with Crippen LogP contribution in [0.15, 0.2) is 30.3 Å². The third-order valence-electron chi connectivity index (χ3n) is 4.92. The standard InChI is InChI=1S/C20H22F3N3O2.C5H11NO.C2H6/c1-4-24-19(27)14-9-16-12(10-25-26(16)11-20(2,3)23)7-18(14)28-17-6-5-13(21)8-15(17)22;1-2-3-4-6-5-7;1-2/h5-9,25H,4,10-11H2,1-3H3,(H,24,27);5H,2-4H2,1H3,(H,6,7);1-2H3. The summed E-state index contributed by atoms with van der Waals surface area (Å²) in [6.45, 7) is 12.5. The molecule has 0 radical (unpaired) electrons. The Kier molecular flexibility index (Phi) is 13.5. The maximum Gasteiger partial charge on any atom is 0.255 e. The first kappa shape index (κ1) is 31.8. The third-order valence-corrected chi connectivity index (χ3v) is 4.92. The number of anilines is 1. The minimum atomic E-state index is -1.45. The molecule has 7 nitrogen and oxygen atoms in total. The van der Waals surface area contributed by atoms with E-state index in [2.05, 4.69) is 23.0 Å². The zero-order valence-electron chi connectivity index (χ0n) is 22.5. The van der Waals surface area contributed by atoms with Crippen LogP contribution < -0.4 is 25.8 Å². The molecule has 2 aromatic carbocycles. The maximum absolute atomic E-state index is 14.1. The number of carbonyl (C=O) groups excluding carboxylic acids is 2. The molecule has 0 fully saturated rings. The lowest BCUT2D eigenvalue weighted by atomic mass is 10.1. The van der Waals surface area contributed by atoms with Gasteiger partial charge in [0.05, 0.1) is 17.8 Å². The molecule has 10 heteroatoms. The number of fused-ring (bicyclic) bond motifs is 1. The van der Waals surface area contributed by atoms with Crippen molar-refractivity contribution in [1.29, 1.82) is 0 Å². The van der Waals surface area contributed by atoms with Gasteiger partial charge in [-0.15, -0.1) is 0 Å². The first-order chi connectivity index (χ1) is 17.6. The van der Waals surface area contributed by atoms with E-state index in [1.165, 1.54) is 13.8 Å².